The Bertz CT molecular complexity index is 1450. The number of nitrogens with zero attached hydrogens (tertiary/aromatic N) is 2. The van der Waals surface area contributed by atoms with Crippen LogP contribution in [-0.2, 0) is 21.7 Å². The Labute approximate surface area is 200 Å². The fourth-order valence-corrected chi connectivity index (χ4v) is 4.92. The summed E-state index contributed by atoms with van der Waals surface area (Å²) in [7, 11) is 0. The molecular weight excluding hydrogens is 508 g/mol. The molecule has 0 spiro atoms. The summed E-state index contributed by atoms with van der Waals surface area (Å²) in [6, 6.07) is 18.0. The third-order valence-corrected chi connectivity index (χ3v) is 6.84. The smallest absolute Gasteiger partial charge is 0.342 e. The van der Waals surface area contributed by atoms with Crippen molar-refractivity contribution in [2.45, 2.75) is 12.2 Å². The second-order valence-electron chi connectivity index (χ2n) is 7.73. The van der Waals surface area contributed by atoms with Gasteiger partial charge in [-0.2, -0.15) is 8.75 Å². The monoisotopic (exact) mass is 522 g/mol. The van der Waals surface area contributed by atoms with E-state index in [-0.39, 0.29) is 13.2 Å². The van der Waals surface area contributed by atoms with Crippen LogP contribution in [0, 0.1) is 0 Å². The van der Waals surface area contributed by atoms with Crippen LogP contribution in [0.2, 0.25) is 0 Å². The molecule has 7 nitrogen and oxygen atoms in total. The minimum atomic E-state index is -1.92. The maximum atomic E-state index is 13.2. The van der Waals surface area contributed by atoms with Gasteiger partial charge in [0.1, 0.15) is 11.0 Å². The third kappa shape index (κ3) is 3.40. The lowest BCUT2D eigenvalue weighted by Crippen LogP contribution is -2.29. The van der Waals surface area contributed by atoms with Gasteiger partial charge in [0.15, 0.2) is 11.5 Å². The highest BCUT2D eigenvalue weighted by molar-refractivity contribution is 9.10. The molecular formula is C24H15BrN2O5S. The van der Waals surface area contributed by atoms with Crippen LogP contribution in [0.3, 0.4) is 0 Å². The van der Waals surface area contributed by atoms with Crippen molar-refractivity contribution in [1.29, 1.82) is 0 Å². The molecule has 3 heterocycles. The van der Waals surface area contributed by atoms with Crippen molar-refractivity contribution in [3.8, 4) is 11.5 Å². The van der Waals surface area contributed by atoms with Crippen molar-refractivity contribution in [2.75, 3.05) is 6.79 Å². The van der Waals surface area contributed by atoms with Gasteiger partial charge in [0.05, 0.1) is 17.3 Å². The van der Waals surface area contributed by atoms with E-state index in [2.05, 4.69) is 24.7 Å². The summed E-state index contributed by atoms with van der Waals surface area (Å²) in [5, 5.41) is 11.7. The van der Waals surface area contributed by atoms with Crippen LogP contribution >= 0.6 is 27.7 Å². The van der Waals surface area contributed by atoms with E-state index < -0.39 is 11.8 Å². The van der Waals surface area contributed by atoms with E-state index in [1.165, 1.54) is 0 Å². The second-order valence-corrected chi connectivity index (χ2v) is 9.17. The van der Waals surface area contributed by atoms with Crippen LogP contribution in [0.5, 0.6) is 11.5 Å². The summed E-state index contributed by atoms with van der Waals surface area (Å²) >= 11 is 4.55. The molecule has 0 fully saturated rings. The molecule has 164 valence electrons. The van der Waals surface area contributed by atoms with E-state index >= 15 is 0 Å². The first-order chi connectivity index (χ1) is 16.0. The molecule has 1 N–H and O–H groups in total. The van der Waals surface area contributed by atoms with Crippen molar-refractivity contribution in [1.82, 2.24) is 8.75 Å². The first-order valence-corrected chi connectivity index (χ1v) is 11.6. The van der Waals surface area contributed by atoms with Gasteiger partial charge >= 0.3 is 5.97 Å². The van der Waals surface area contributed by atoms with Crippen LogP contribution in [0.25, 0.3) is 16.6 Å². The van der Waals surface area contributed by atoms with Gasteiger partial charge in [0.2, 0.25) is 6.79 Å². The van der Waals surface area contributed by atoms with E-state index in [9.17, 15) is 9.90 Å². The van der Waals surface area contributed by atoms with Crippen molar-refractivity contribution in [3.63, 3.8) is 0 Å². The van der Waals surface area contributed by atoms with Gasteiger partial charge in [-0.3, -0.25) is 0 Å². The van der Waals surface area contributed by atoms with Crippen molar-refractivity contribution < 1.29 is 24.1 Å². The number of aliphatic hydroxyl groups is 1. The minimum absolute atomic E-state index is 0.125. The van der Waals surface area contributed by atoms with Crippen LogP contribution in [0.1, 0.15) is 16.7 Å². The quantitative estimate of drug-likeness (QED) is 0.392. The molecule has 2 aliphatic heterocycles. The number of cyclic esters (lactones) is 1. The van der Waals surface area contributed by atoms with Gasteiger partial charge in [-0.1, -0.05) is 40.2 Å². The molecule has 0 amide bonds. The molecule has 6 rings (SSSR count). The Balaban J connectivity index is 1.53. The predicted octanol–water partition coefficient (Wildman–Crippen LogP) is 4.58. The van der Waals surface area contributed by atoms with Crippen molar-refractivity contribution in [2.24, 2.45) is 0 Å². The summed E-state index contributed by atoms with van der Waals surface area (Å²) in [4.78, 5) is 13.2. The number of carbonyl (C=O) groups is 1. The zero-order valence-corrected chi connectivity index (χ0v) is 19.4. The molecule has 33 heavy (non-hydrogen) atoms. The number of halogens is 1. The van der Waals surface area contributed by atoms with Crippen LogP contribution < -0.4 is 9.47 Å². The number of ether oxygens (including phenoxy) is 3. The van der Waals surface area contributed by atoms with E-state index in [4.69, 9.17) is 14.2 Å². The van der Waals surface area contributed by atoms with E-state index in [0.717, 1.165) is 32.8 Å². The Morgan fingerprint density at radius 3 is 2.61 bits per heavy atom. The topological polar surface area (TPSA) is 90.8 Å². The highest BCUT2D eigenvalue weighted by Gasteiger charge is 2.48. The van der Waals surface area contributed by atoms with E-state index in [1.807, 2.05) is 18.2 Å². The first-order valence-electron chi connectivity index (χ1n) is 10.1. The van der Waals surface area contributed by atoms with Gasteiger partial charge in [0, 0.05) is 22.0 Å². The van der Waals surface area contributed by atoms with Crippen molar-refractivity contribution in [3.05, 3.63) is 87.4 Å². The largest absolute Gasteiger partial charge is 0.454 e. The zero-order valence-electron chi connectivity index (χ0n) is 16.9. The number of aromatic nitrogens is 2. The second kappa shape index (κ2) is 7.65. The molecule has 1 unspecified atom stereocenters. The fraction of sp³-hybridized carbons (Fsp3) is 0.125. The number of fused-ring (bicyclic) bond motifs is 2. The van der Waals surface area contributed by atoms with Gasteiger partial charge in [-0.15, -0.1) is 0 Å². The van der Waals surface area contributed by atoms with Gasteiger partial charge in [-0.25, -0.2) is 4.79 Å². The number of benzene rings is 3. The van der Waals surface area contributed by atoms with Gasteiger partial charge in [0.25, 0.3) is 5.79 Å². The normalized spacial score (nSPS) is 19.4. The number of esters is 1. The average Bonchev–Trinajstić information content (AvgIpc) is 3.52. The highest BCUT2D eigenvalue weighted by Crippen LogP contribution is 2.46. The van der Waals surface area contributed by atoms with Crippen LogP contribution in [0.4, 0.5) is 0 Å². The third-order valence-electron chi connectivity index (χ3n) is 5.75. The molecule has 0 saturated carbocycles. The van der Waals surface area contributed by atoms with Gasteiger partial charge < -0.3 is 19.3 Å². The highest BCUT2D eigenvalue weighted by atomic mass is 79.9. The molecule has 0 radical (unpaired) electrons. The standard InChI is InChI=1S/C24H15BrN2O5S/c25-16-5-3-15(4-6-16)24(29)17(9-13-1-7-18-19(10-13)27-33-26-18)22(23(28)32-24)14-2-8-20-21(11-14)31-12-30-20/h1-8,10-11,29H,9,12H2. The number of carbonyl (C=O) groups excluding carboxylic acids is 1. The fourth-order valence-electron chi connectivity index (χ4n) is 4.14. The molecule has 1 atom stereocenters. The van der Waals surface area contributed by atoms with Crippen molar-refractivity contribution >= 4 is 50.2 Å². The summed E-state index contributed by atoms with van der Waals surface area (Å²) < 4.78 is 25.9. The number of rotatable bonds is 4. The summed E-state index contributed by atoms with van der Waals surface area (Å²) in [6.07, 6.45) is 0.273. The lowest BCUT2D eigenvalue weighted by molar-refractivity contribution is -0.185. The lowest BCUT2D eigenvalue weighted by Gasteiger charge is -2.25. The SMILES string of the molecule is O=C1OC(O)(c2ccc(Br)cc2)C(Cc2ccc3nsnc3c2)=C1c1ccc2c(c1)OCO2. The number of hydrogen-bond acceptors (Lipinski definition) is 8. The van der Waals surface area contributed by atoms with Gasteiger partial charge in [-0.05, 0) is 47.5 Å². The molecule has 0 bridgehead atoms. The maximum absolute atomic E-state index is 13.2. The summed E-state index contributed by atoms with van der Waals surface area (Å²) in [6.45, 7) is 0.125. The Morgan fingerprint density at radius 1 is 0.970 bits per heavy atom. The Kier molecular flexibility index (Phi) is 4.72. The van der Waals surface area contributed by atoms with E-state index in [0.29, 0.717) is 33.8 Å². The summed E-state index contributed by atoms with van der Waals surface area (Å²) in [5.74, 6) is -1.37. The maximum Gasteiger partial charge on any atom is 0.342 e. The zero-order chi connectivity index (χ0) is 22.6. The molecule has 9 heteroatoms. The summed E-state index contributed by atoms with van der Waals surface area (Å²) in [5.41, 5.74) is 4.23. The molecule has 1 aromatic heterocycles. The predicted molar refractivity (Wildman–Crippen MR) is 125 cm³/mol. The molecule has 0 aliphatic carbocycles. The lowest BCUT2D eigenvalue weighted by atomic mass is 9.88. The molecule has 4 aromatic rings. The Hall–Kier alpha value is -3.27. The van der Waals surface area contributed by atoms with Crippen LogP contribution in [-0.4, -0.2) is 26.6 Å². The minimum Gasteiger partial charge on any atom is -0.454 e. The van der Waals surface area contributed by atoms with Crippen LogP contribution in [0.15, 0.2) is 70.7 Å². The molecule has 2 aliphatic rings. The number of hydrogen-bond donors (Lipinski definition) is 1. The Morgan fingerprint density at radius 2 is 1.76 bits per heavy atom. The first kappa shape index (κ1) is 20.3. The van der Waals surface area contributed by atoms with E-state index in [1.54, 1.807) is 42.5 Å². The molecule has 0 saturated heterocycles. The average molecular weight is 523 g/mol. The molecule has 3 aromatic carbocycles.